The number of amides is 1. The lowest BCUT2D eigenvalue weighted by molar-refractivity contribution is -0.121. The van der Waals surface area contributed by atoms with E-state index in [1.54, 1.807) is 26.4 Å². The topological polar surface area (TPSA) is 50.8 Å². The average molecular weight is 375 g/mol. The quantitative estimate of drug-likeness (QED) is 0.866. The predicted octanol–water partition coefficient (Wildman–Crippen LogP) is 3.74. The molecule has 1 aliphatic rings. The summed E-state index contributed by atoms with van der Waals surface area (Å²) in [6.07, 6.45) is 0.861. The van der Waals surface area contributed by atoms with Crippen LogP contribution in [0.4, 0.5) is 5.69 Å². The number of carbonyl (C=O) groups excluding carboxylic acids is 1. The zero-order chi connectivity index (χ0) is 18.7. The molecule has 138 valence electrons. The number of rotatable bonds is 5. The molecule has 26 heavy (non-hydrogen) atoms. The molecule has 0 saturated heterocycles. The minimum atomic E-state index is -0.271. The Morgan fingerprint density at radius 2 is 1.81 bits per heavy atom. The Hall–Kier alpha value is -2.24. The summed E-state index contributed by atoms with van der Waals surface area (Å²) in [7, 11) is 3.27. The van der Waals surface area contributed by atoms with E-state index in [-0.39, 0.29) is 11.9 Å². The lowest BCUT2D eigenvalue weighted by Crippen LogP contribution is -2.44. The van der Waals surface area contributed by atoms with E-state index in [2.05, 4.69) is 10.2 Å². The van der Waals surface area contributed by atoms with Crippen LogP contribution in [0.1, 0.15) is 18.1 Å². The normalized spacial score (nSPS) is 15.1. The highest BCUT2D eigenvalue weighted by Crippen LogP contribution is 2.33. The molecule has 0 fully saturated rings. The Balaban J connectivity index is 1.73. The second-order valence-corrected chi connectivity index (χ2v) is 6.75. The number of para-hydroxylation sites is 1. The van der Waals surface area contributed by atoms with Gasteiger partial charge >= 0.3 is 0 Å². The molecule has 0 bridgehead atoms. The van der Waals surface area contributed by atoms with Crippen molar-refractivity contribution in [3.8, 4) is 11.5 Å². The lowest BCUT2D eigenvalue weighted by Gasteiger charge is -2.33. The van der Waals surface area contributed by atoms with Gasteiger partial charge in [-0.25, -0.2) is 0 Å². The van der Waals surface area contributed by atoms with Gasteiger partial charge in [0.2, 0.25) is 5.91 Å². The number of hydrogen-bond donors (Lipinski definition) is 1. The molecular formula is C20H23ClN2O3. The molecule has 1 aliphatic heterocycles. The Kier molecular flexibility index (Phi) is 5.69. The van der Waals surface area contributed by atoms with Crippen LogP contribution < -0.4 is 14.8 Å². The first-order chi connectivity index (χ1) is 12.5. The first kappa shape index (κ1) is 18.5. The largest absolute Gasteiger partial charge is 0.493 e. The minimum Gasteiger partial charge on any atom is -0.493 e. The molecule has 0 saturated carbocycles. The van der Waals surface area contributed by atoms with Crippen LogP contribution in [-0.2, 0) is 17.8 Å². The number of hydrogen-bond acceptors (Lipinski definition) is 4. The second kappa shape index (κ2) is 7.98. The van der Waals surface area contributed by atoms with Gasteiger partial charge in [-0.15, -0.1) is 0 Å². The van der Waals surface area contributed by atoms with Gasteiger partial charge in [0.25, 0.3) is 0 Å². The molecule has 5 nitrogen and oxygen atoms in total. The molecule has 2 aromatic carbocycles. The van der Waals surface area contributed by atoms with Crippen molar-refractivity contribution in [3.63, 3.8) is 0 Å². The maximum atomic E-state index is 12.6. The van der Waals surface area contributed by atoms with E-state index < -0.39 is 0 Å². The monoisotopic (exact) mass is 374 g/mol. The van der Waals surface area contributed by atoms with Gasteiger partial charge < -0.3 is 14.8 Å². The molecule has 3 rings (SSSR count). The van der Waals surface area contributed by atoms with E-state index in [1.807, 2.05) is 31.2 Å². The summed E-state index contributed by atoms with van der Waals surface area (Å²) in [5, 5.41) is 3.45. The molecule has 1 atom stereocenters. The average Bonchev–Trinajstić information content (AvgIpc) is 2.67. The van der Waals surface area contributed by atoms with Crippen LogP contribution in [0.5, 0.6) is 11.5 Å². The summed E-state index contributed by atoms with van der Waals surface area (Å²) in [5.41, 5.74) is 3.03. The number of halogens is 1. The summed E-state index contributed by atoms with van der Waals surface area (Å²) in [6, 6.07) is 11.0. The van der Waals surface area contributed by atoms with Gasteiger partial charge in [0.05, 0.1) is 31.0 Å². The number of methoxy groups -OCH3 is 2. The Morgan fingerprint density at radius 3 is 2.46 bits per heavy atom. The fourth-order valence-corrected chi connectivity index (χ4v) is 3.38. The highest BCUT2D eigenvalue weighted by Gasteiger charge is 2.27. The van der Waals surface area contributed by atoms with E-state index in [0.29, 0.717) is 23.0 Å². The molecule has 0 aromatic heterocycles. The van der Waals surface area contributed by atoms with Crippen LogP contribution >= 0.6 is 11.6 Å². The predicted molar refractivity (Wildman–Crippen MR) is 103 cm³/mol. The van der Waals surface area contributed by atoms with E-state index >= 15 is 0 Å². The SMILES string of the molecule is COc1cc2c(cc1OC)CN([C@H](C)C(=O)Nc1ccccc1Cl)CC2. The summed E-state index contributed by atoms with van der Waals surface area (Å²) in [6.45, 7) is 3.41. The van der Waals surface area contributed by atoms with Gasteiger partial charge in [-0.05, 0) is 48.7 Å². The number of nitrogens with zero attached hydrogens (tertiary/aromatic N) is 1. The molecule has 1 N–H and O–H groups in total. The molecule has 0 unspecified atom stereocenters. The smallest absolute Gasteiger partial charge is 0.241 e. The van der Waals surface area contributed by atoms with Crippen LogP contribution in [0.2, 0.25) is 5.02 Å². The highest BCUT2D eigenvalue weighted by molar-refractivity contribution is 6.33. The molecule has 1 heterocycles. The first-order valence-corrected chi connectivity index (χ1v) is 8.94. The zero-order valence-electron chi connectivity index (χ0n) is 15.2. The van der Waals surface area contributed by atoms with Crippen molar-refractivity contribution in [1.29, 1.82) is 0 Å². The van der Waals surface area contributed by atoms with Crippen molar-refractivity contribution in [1.82, 2.24) is 4.90 Å². The molecule has 1 amide bonds. The van der Waals surface area contributed by atoms with Crippen molar-refractivity contribution >= 4 is 23.2 Å². The van der Waals surface area contributed by atoms with Gasteiger partial charge in [0, 0.05) is 13.1 Å². The van der Waals surface area contributed by atoms with Crippen molar-refractivity contribution in [2.75, 3.05) is 26.1 Å². The van der Waals surface area contributed by atoms with E-state index in [0.717, 1.165) is 24.3 Å². The second-order valence-electron chi connectivity index (χ2n) is 6.34. The Bertz CT molecular complexity index is 810. The fourth-order valence-electron chi connectivity index (χ4n) is 3.20. The van der Waals surface area contributed by atoms with Gasteiger partial charge in [-0.1, -0.05) is 23.7 Å². The molecular weight excluding hydrogens is 352 g/mol. The third kappa shape index (κ3) is 3.79. The number of anilines is 1. The van der Waals surface area contributed by atoms with Gasteiger partial charge in [-0.3, -0.25) is 9.69 Å². The van der Waals surface area contributed by atoms with E-state index in [4.69, 9.17) is 21.1 Å². The van der Waals surface area contributed by atoms with Gasteiger partial charge in [0.15, 0.2) is 11.5 Å². The minimum absolute atomic E-state index is 0.0676. The number of benzene rings is 2. The standard InChI is InChI=1S/C20H23ClN2O3/c1-13(20(24)22-17-7-5-4-6-16(17)21)23-9-8-14-10-18(25-2)19(26-3)11-15(14)12-23/h4-7,10-11,13H,8-9,12H2,1-3H3,(H,22,24)/t13-/m1/s1. The number of nitrogens with one attached hydrogen (secondary N) is 1. The summed E-state index contributed by atoms with van der Waals surface area (Å²) >= 11 is 6.13. The third-order valence-corrected chi connectivity index (χ3v) is 5.14. The van der Waals surface area contributed by atoms with Crippen LogP contribution in [0.3, 0.4) is 0 Å². The maximum absolute atomic E-state index is 12.6. The number of carbonyl (C=O) groups is 1. The lowest BCUT2D eigenvalue weighted by atomic mass is 9.97. The zero-order valence-corrected chi connectivity index (χ0v) is 16.0. The third-order valence-electron chi connectivity index (χ3n) is 4.81. The summed E-state index contributed by atoms with van der Waals surface area (Å²) in [5.74, 6) is 1.38. The summed E-state index contributed by atoms with van der Waals surface area (Å²) < 4.78 is 10.8. The summed E-state index contributed by atoms with van der Waals surface area (Å²) in [4.78, 5) is 14.8. The van der Waals surface area contributed by atoms with Crippen molar-refractivity contribution in [3.05, 3.63) is 52.5 Å². The van der Waals surface area contributed by atoms with Crippen molar-refractivity contribution in [2.24, 2.45) is 0 Å². The Labute approximate surface area is 158 Å². The van der Waals surface area contributed by atoms with Crippen LogP contribution in [-0.4, -0.2) is 37.6 Å². The van der Waals surface area contributed by atoms with Crippen molar-refractivity contribution in [2.45, 2.75) is 25.9 Å². The van der Waals surface area contributed by atoms with Gasteiger partial charge in [-0.2, -0.15) is 0 Å². The molecule has 0 radical (unpaired) electrons. The highest BCUT2D eigenvalue weighted by atomic mass is 35.5. The maximum Gasteiger partial charge on any atom is 0.241 e. The fraction of sp³-hybridized carbons (Fsp3) is 0.350. The van der Waals surface area contributed by atoms with Crippen LogP contribution in [0.25, 0.3) is 0 Å². The van der Waals surface area contributed by atoms with Crippen molar-refractivity contribution < 1.29 is 14.3 Å². The number of fused-ring (bicyclic) bond motifs is 1. The molecule has 2 aromatic rings. The van der Waals surface area contributed by atoms with E-state index in [9.17, 15) is 4.79 Å². The molecule has 0 aliphatic carbocycles. The van der Waals surface area contributed by atoms with Gasteiger partial charge in [0.1, 0.15) is 0 Å². The van der Waals surface area contributed by atoms with Crippen LogP contribution in [0, 0.1) is 0 Å². The number of ether oxygens (including phenoxy) is 2. The van der Waals surface area contributed by atoms with Crippen LogP contribution in [0.15, 0.2) is 36.4 Å². The molecule has 6 heteroatoms. The molecule has 0 spiro atoms. The first-order valence-electron chi connectivity index (χ1n) is 8.56. The Morgan fingerprint density at radius 1 is 1.15 bits per heavy atom. The van der Waals surface area contributed by atoms with E-state index in [1.165, 1.54) is 5.56 Å².